The second kappa shape index (κ2) is 8.31. The summed E-state index contributed by atoms with van der Waals surface area (Å²) in [6, 6.07) is 52.8. The standard InChI is InChI=1S/C42H24N2O/c1-4-12-34-28(8-1)32-11-7-14-36-40(32)41-37(23-22-33-29-9-2-5-13-35(29)44(34)42(33)41)43(36)27-19-16-25(17-20-27)26-18-21-31-30-10-3-6-15-38(30)45-39(31)24-26/h1-24H. The monoisotopic (exact) mass is 572 g/mol. The minimum absolute atomic E-state index is 0.918. The van der Waals surface area contributed by atoms with E-state index in [9.17, 15) is 0 Å². The summed E-state index contributed by atoms with van der Waals surface area (Å²) in [6.07, 6.45) is 0. The van der Waals surface area contributed by atoms with E-state index in [0.717, 1.165) is 33.2 Å². The zero-order valence-corrected chi connectivity index (χ0v) is 24.2. The molecular formula is C42H24N2O. The molecule has 0 amide bonds. The average molecular weight is 573 g/mol. The van der Waals surface area contributed by atoms with Crippen LogP contribution in [0.2, 0.25) is 0 Å². The lowest BCUT2D eigenvalue weighted by Crippen LogP contribution is -1.94. The number of rotatable bonds is 2. The molecule has 0 saturated carbocycles. The van der Waals surface area contributed by atoms with Crippen LogP contribution in [0.5, 0.6) is 0 Å². The van der Waals surface area contributed by atoms with Crippen LogP contribution in [0.15, 0.2) is 150 Å². The molecule has 7 aromatic carbocycles. The van der Waals surface area contributed by atoms with Gasteiger partial charge in [0, 0.05) is 43.4 Å². The largest absolute Gasteiger partial charge is 0.456 e. The smallest absolute Gasteiger partial charge is 0.136 e. The van der Waals surface area contributed by atoms with Crippen molar-refractivity contribution >= 4 is 81.8 Å². The lowest BCUT2D eigenvalue weighted by Gasteiger charge is -2.10. The second-order valence-electron chi connectivity index (χ2n) is 12.1. The SMILES string of the molecule is c1ccc2c(c1)oc1cc(-c3ccc(-n4c5cccc6c7ccccc7n7c8ccccc8c8ccc4c(c65)c87)cc3)ccc12. The van der Waals surface area contributed by atoms with Crippen molar-refractivity contribution in [3.8, 4) is 16.8 Å². The van der Waals surface area contributed by atoms with Crippen molar-refractivity contribution in [2.45, 2.75) is 0 Å². The Hall–Kier alpha value is -6.06. The molecule has 208 valence electrons. The van der Waals surface area contributed by atoms with Gasteiger partial charge in [-0.2, -0.15) is 0 Å². The summed E-state index contributed by atoms with van der Waals surface area (Å²) in [6.45, 7) is 0. The third-order valence-corrected chi connectivity index (χ3v) is 9.86. The number of fused-ring (bicyclic) bond motifs is 9. The molecule has 0 saturated heterocycles. The van der Waals surface area contributed by atoms with E-state index in [1.54, 1.807) is 0 Å². The molecule has 0 unspecified atom stereocenters. The zero-order valence-electron chi connectivity index (χ0n) is 24.2. The predicted octanol–water partition coefficient (Wildman–Crippen LogP) is 11.5. The van der Waals surface area contributed by atoms with Crippen LogP contribution in [0.1, 0.15) is 0 Å². The molecule has 3 nitrogen and oxygen atoms in total. The molecule has 0 bridgehead atoms. The molecule has 0 aliphatic carbocycles. The summed E-state index contributed by atoms with van der Waals surface area (Å²) in [7, 11) is 0. The minimum atomic E-state index is 0.918. The Morgan fingerprint density at radius 3 is 1.80 bits per heavy atom. The number of benzene rings is 7. The Morgan fingerprint density at radius 1 is 0.378 bits per heavy atom. The maximum absolute atomic E-state index is 6.20. The molecule has 11 rings (SSSR count). The van der Waals surface area contributed by atoms with Crippen molar-refractivity contribution in [1.82, 2.24) is 8.97 Å². The second-order valence-corrected chi connectivity index (χ2v) is 12.1. The molecule has 4 heterocycles. The number of aromatic nitrogens is 2. The van der Waals surface area contributed by atoms with E-state index in [1.807, 2.05) is 12.1 Å². The normalized spacial score (nSPS) is 12.4. The van der Waals surface area contributed by atoms with E-state index >= 15 is 0 Å². The van der Waals surface area contributed by atoms with Crippen LogP contribution in [-0.2, 0) is 0 Å². The van der Waals surface area contributed by atoms with E-state index in [0.29, 0.717) is 0 Å². The van der Waals surface area contributed by atoms with Gasteiger partial charge < -0.3 is 13.4 Å². The number of hydrogen-bond acceptors (Lipinski definition) is 1. The first-order chi connectivity index (χ1) is 22.3. The third-order valence-electron chi connectivity index (χ3n) is 9.86. The molecule has 0 radical (unpaired) electrons. The molecular weight excluding hydrogens is 548 g/mol. The van der Waals surface area contributed by atoms with Gasteiger partial charge in [0.2, 0.25) is 0 Å². The molecule has 11 aromatic rings. The minimum Gasteiger partial charge on any atom is -0.456 e. The topological polar surface area (TPSA) is 22.5 Å². The Bertz CT molecular complexity index is 2970. The number of nitrogens with zero attached hydrogens (tertiary/aromatic N) is 2. The van der Waals surface area contributed by atoms with E-state index in [-0.39, 0.29) is 0 Å². The first-order valence-corrected chi connectivity index (χ1v) is 15.4. The lowest BCUT2D eigenvalue weighted by atomic mass is 10.0. The van der Waals surface area contributed by atoms with Crippen LogP contribution in [0.3, 0.4) is 0 Å². The van der Waals surface area contributed by atoms with Gasteiger partial charge in [0.25, 0.3) is 0 Å². The Morgan fingerprint density at radius 2 is 0.978 bits per heavy atom. The molecule has 4 aromatic heterocycles. The van der Waals surface area contributed by atoms with Gasteiger partial charge >= 0.3 is 0 Å². The van der Waals surface area contributed by atoms with E-state index in [1.165, 1.54) is 65.5 Å². The van der Waals surface area contributed by atoms with Crippen LogP contribution in [0.25, 0.3) is 98.7 Å². The fraction of sp³-hybridized carbons (Fsp3) is 0. The summed E-state index contributed by atoms with van der Waals surface area (Å²) in [5.41, 5.74) is 11.5. The van der Waals surface area contributed by atoms with Crippen molar-refractivity contribution in [2.24, 2.45) is 0 Å². The van der Waals surface area contributed by atoms with Gasteiger partial charge in [-0.1, -0.05) is 91.0 Å². The summed E-state index contributed by atoms with van der Waals surface area (Å²) in [5, 5.41) is 10.1. The Balaban J connectivity index is 1.19. The van der Waals surface area contributed by atoms with Gasteiger partial charge in [-0.3, -0.25) is 0 Å². The Labute approximate surface area is 257 Å². The van der Waals surface area contributed by atoms with Crippen LogP contribution < -0.4 is 0 Å². The fourth-order valence-electron chi connectivity index (χ4n) is 7.96. The fourth-order valence-corrected chi connectivity index (χ4v) is 7.96. The first kappa shape index (κ1) is 23.4. The molecule has 0 aliphatic heterocycles. The maximum atomic E-state index is 6.20. The van der Waals surface area contributed by atoms with Crippen molar-refractivity contribution in [3.63, 3.8) is 0 Å². The molecule has 0 aliphatic rings. The third kappa shape index (κ3) is 2.95. The van der Waals surface area contributed by atoms with Crippen molar-refractivity contribution in [1.29, 1.82) is 0 Å². The van der Waals surface area contributed by atoms with E-state index in [2.05, 4.69) is 142 Å². The van der Waals surface area contributed by atoms with E-state index in [4.69, 9.17) is 4.42 Å². The van der Waals surface area contributed by atoms with Crippen molar-refractivity contribution in [3.05, 3.63) is 146 Å². The van der Waals surface area contributed by atoms with Crippen LogP contribution in [0, 0.1) is 0 Å². The van der Waals surface area contributed by atoms with Gasteiger partial charge in [0.1, 0.15) is 11.2 Å². The van der Waals surface area contributed by atoms with Crippen LogP contribution in [0.4, 0.5) is 0 Å². The Kier molecular flexibility index (Phi) is 4.32. The van der Waals surface area contributed by atoms with Gasteiger partial charge in [0.15, 0.2) is 0 Å². The lowest BCUT2D eigenvalue weighted by molar-refractivity contribution is 0.669. The number of para-hydroxylation sites is 3. The van der Waals surface area contributed by atoms with Gasteiger partial charge in [-0.05, 0) is 71.1 Å². The quantitative estimate of drug-likeness (QED) is 0.202. The van der Waals surface area contributed by atoms with Crippen LogP contribution in [-0.4, -0.2) is 8.97 Å². The number of furan rings is 1. The van der Waals surface area contributed by atoms with E-state index < -0.39 is 0 Å². The summed E-state index contributed by atoms with van der Waals surface area (Å²) < 4.78 is 11.1. The highest BCUT2D eigenvalue weighted by Gasteiger charge is 2.22. The van der Waals surface area contributed by atoms with Gasteiger partial charge in [0.05, 0.1) is 27.6 Å². The molecule has 45 heavy (non-hydrogen) atoms. The zero-order chi connectivity index (χ0) is 29.2. The molecule has 0 N–H and O–H groups in total. The summed E-state index contributed by atoms with van der Waals surface area (Å²) in [4.78, 5) is 0. The summed E-state index contributed by atoms with van der Waals surface area (Å²) >= 11 is 0. The highest BCUT2D eigenvalue weighted by molar-refractivity contribution is 6.33. The van der Waals surface area contributed by atoms with Gasteiger partial charge in [-0.15, -0.1) is 0 Å². The summed E-state index contributed by atoms with van der Waals surface area (Å²) in [5.74, 6) is 0. The average Bonchev–Trinajstić information content (AvgIpc) is 3.72. The first-order valence-electron chi connectivity index (χ1n) is 15.4. The molecule has 0 atom stereocenters. The van der Waals surface area contributed by atoms with Crippen molar-refractivity contribution < 1.29 is 4.42 Å². The van der Waals surface area contributed by atoms with Crippen LogP contribution >= 0.6 is 0 Å². The molecule has 3 heteroatoms. The number of hydrogen-bond donors (Lipinski definition) is 0. The molecule has 0 spiro atoms. The van der Waals surface area contributed by atoms with Gasteiger partial charge in [-0.25, -0.2) is 0 Å². The maximum Gasteiger partial charge on any atom is 0.136 e. The highest BCUT2D eigenvalue weighted by atomic mass is 16.3. The molecule has 0 fully saturated rings. The highest BCUT2D eigenvalue weighted by Crippen LogP contribution is 2.45. The van der Waals surface area contributed by atoms with Crippen molar-refractivity contribution in [2.75, 3.05) is 0 Å². The predicted molar refractivity (Wildman–Crippen MR) is 188 cm³/mol.